The highest BCUT2D eigenvalue weighted by Crippen LogP contribution is 2.23. The first-order valence-corrected chi connectivity index (χ1v) is 8.54. The molecule has 0 spiro atoms. The monoisotopic (exact) mass is 342 g/mol. The van der Waals surface area contributed by atoms with Crippen LogP contribution in [-0.4, -0.2) is 43.3 Å². The molecule has 2 fully saturated rings. The van der Waals surface area contributed by atoms with Crippen molar-refractivity contribution >= 4 is 12.4 Å². The number of hydrogen-bond donors (Lipinski definition) is 1. The lowest BCUT2D eigenvalue weighted by molar-refractivity contribution is -0.0248. The van der Waals surface area contributed by atoms with Crippen LogP contribution < -0.4 is 5.73 Å². The van der Waals surface area contributed by atoms with Crippen molar-refractivity contribution in [3.05, 3.63) is 35.6 Å². The fraction of sp³-hybridized carbons (Fsp3) is 0.667. The van der Waals surface area contributed by atoms with E-state index in [-0.39, 0.29) is 30.4 Å². The van der Waals surface area contributed by atoms with Crippen LogP contribution in [0.2, 0.25) is 0 Å². The zero-order valence-electron chi connectivity index (χ0n) is 13.6. The van der Waals surface area contributed by atoms with Gasteiger partial charge in [-0.15, -0.1) is 12.4 Å². The standard InChI is InChI=1S/C18H27FN2O.ClH/c19-16-7-5-14(6-8-16)11-15-3-1-9-21(12-15)13-18-17(20)4-2-10-22-18;/h5-8,15,17-18H,1-4,9-13,20H2;1H/t15-,17+,18-;/m0./s1. The Morgan fingerprint density at radius 1 is 1.17 bits per heavy atom. The summed E-state index contributed by atoms with van der Waals surface area (Å²) < 4.78 is 18.8. The lowest BCUT2D eigenvalue weighted by Gasteiger charge is -2.38. The van der Waals surface area contributed by atoms with Crippen molar-refractivity contribution in [1.29, 1.82) is 0 Å². The normalized spacial score (nSPS) is 29.0. The van der Waals surface area contributed by atoms with Gasteiger partial charge in [0.2, 0.25) is 0 Å². The third-order valence-corrected chi connectivity index (χ3v) is 4.97. The summed E-state index contributed by atoms with van der Waals surface area (Å²) in [6.07, 6.45) is 5.88. The molecule has 0 aromatic heterocycles. The molecule has 3 nitrogen and oxygen atoms in total. The molecular formula is C18H28ClFN2O. The highest BCUT2D eigenvalue weighted by Gasteiger charge is 2.27. The molecule has 2 heterocycles. The quantitative estimate of drug-likeness (QED) is 0.914. The lowest BCUT2D eigenvalue weighted by Crippen LogP contribution is -2.49. The number of halogens is 2. The summed E-state index contributed by atoms with van der Waals surface area (Å²) in [5.41, 5.74) is 7.42. The van der Waals surface area contributed by atoms with Crippen molar-refractivity contribution < 1.29 is 9.13 Å². The fourth-order valence-electron chi connectivity index (χ4n) is 3.74. The van der Waals surface area contributed by atoms with Gasteiger partial charge in [-0.2, -0.15) is 0 Å². The second kappa shape index (κ2) is 8.97. The number of piperidine rings is 1. The molecule has 130 valence electrons. The van der Waals surface area contributed by atoms with Crippen LogP contribution in [0, 0.1) is 11.7 Å². The zero-order valence-corrected chi connectivity index (χ0v) is 14.4. The average Bonchev–Trinajstić information content (AvgIpc) is 2.52. The third kappa shape index (κ3) is 5.42. The van der Waals surface area contributed by atoms with E-state index in [9.17, 15) is 4.39 Å². The molecule has 1 aromatic carbocycles. The highest BCUT2D eigenvalue weighted by molar-refractivity contribution is 5.85. The first kappa shape index (κ1) is 18.7. The molecule has 2 aliphatic rings. The van der Waals surface area contributed by atoms with E-state index >= 15 is 0 Å². The molecule has 2 saturated heterocycles. The van der Waals surface area contributed by atoms with Crippen LogP contribution in [-0.2, 0) is 11.2 Å². The first-order valence-electron chi connectivity index (χ1n) is 8.54. The maximum absolute atomic E-state index is 13.0. The summed E-state index contributed by atoms with van der Waals surface area (Å²) >= 11 is 0. The largest absolute Gasteiger partial charge is 0.375 e. The van der Waals surface area contributed by atoms with Gasteiger partial charge in [0.15, 0.2) is 0 Å². The molecule has 5 heteroatoms. The van der Waals surface area contributed by atoms with Crippen molar-refractivity contribution in [2.45, 2.75) is 44.2 Å². The van der Waals surface area contributed by atoms with Gasteiger partial charge < -0.3 is 15.4 Å². The second-order valence-corrected chi connectivity index (χ2v) is 6.81. The average molecular weight is 343 g/mol. The molecule has 23 heavy (non-hydrogen) atoms. The summed E-state index contributed by atoms with van der Waals surface area (Å²) in [6.45, 7) is 4.06. The fourth-order valence-corrected chi connectivity index (χ4v) is 3.74. The molecule has 3 atom stereocenters. The molecule has 0 aliphatic carbocycles. The van der Waals surface area contributed by atoms with Gasteiger partial charge in [-0.3, -0.25) is 0 Å². The van der Waals surface area contributed by atoms with Gasteiger partial charge in [0.1, 0.15) is 5.82 Å². The minimum absolute atomic E-state index is 0. The number of ether oxygens (including phenoxy) is 1. The molecule has 0 bridgehead atoms. The SMILES string of the molecule is Cl.N[C@@H]1CCCO[C@H]1CN1CCC[C@@H](Cc2ccc(F)cc2)C1. The molecule has 0 unspecified atom stereocenters. The number of nitrogens with two attached hydrogens (primary N) is 1. The summed E-state index contributed by atoms with van der Waals surface area (Å²) in [6, 6.07) is 7.13. The van der Waals surface area contributed by atoms with E-state index in [1.54, 1.807) is 12.1 Å². The summed E-state index contributed by atoms with van der Waals surface area (Å²) in [5, 5.41) is 0. The van der Waals surface area contributed by atoms with Gasteiger partial charge in [-0.1, -0.05) is 12.1 Å². The molecule has 0 amide bonds. The Morgan fingerprint density at radius 2 is 1.96 bits per heavy atom. The van der Waals surface area contributed by atoms with Crippen molar-refractivity contribution in [2.75, 3.05) is 26.2 Å². The number of likely N-dealkylation sites (tertiary alicyclic amines) is 1. The molecule has 0 saturated carbocycles. The molecule has 2 N–H and O–H groups in total. The van der Waals surface area contributed by atoms with E-state index < -0.39 is 0 Å². The summed E-state index contributed by atoms with van der Waals surface area (Å²) in [7, 11) is 0. The third-order valence-electron chi connectivity index (χ3n) is 4.97. The Labute approximate surface area is 144 Å². The van der Waals surface area contributed by atoms with Gasteiger partial charge >= 0.3 is 0 Å². The Bertz CT molecular complexity index is 471. The molecular weight excluding hydrogens is 315 g/mol. The molecule has 2 aliphatic heterocycles. The minimum Gasteiger partial charge on any atom is -0.375 e. The lowest BCUT2D eigenvalue weighted by atomic mass is 9.90. The number of benzene rings is 1. The minimum atomic E-state index is -0.155. The van der Waals surface area contributed by atoms with Crippen LogP contribution in [0.4, 0.5) is 4.39 Å². The number of rotatable bonds is 4. The predicted octanol–water partition coefficient (Wildman–Crippen LogP) is 3.01. The van der Waals surface area contributed by atoms with Gasteiger partial charge in [-0.05, 0) is 62.3 Å². The van der Waals surface area contributed by atoms with Gasteiger partial charge in [0.25, 0.3) is 0 Å². The van der Waals surface area contributed by atoms with E-state index in [0.717, 1.165) is 45.5 Å². The highest BCUT2D eigenvalue weighted by atomic mass is 35.5. The zero-order chi connectivity index (χ0) is 15.4. The number of hydrogen-bond acceptors (Lipinski definition) is 3. The van der Waals surface area contributed by atoms with Crippen LogP contribution in [0.1, 0.15) is 31.2 Å². The maximum atomic E-state index is 13.0. The Kier molecular flexibility index (Phi) is 7.28. The smallest absolute Gasteiger partial charge is 0.123 e. The van der Waals surface area contributed by atoms with Gasteiger partial charge in [-0.25, -0.2) is 4.39 Å². The van der Waals surface area contributed by atoms with E-state index in [0.29, 0.717) is 5.92 Å². The maximum Gasteiger partial charge on any atom is 0.123 e. The van der Waals surface area contributed by atoms with Crippen molar-refractivity contribution in [2.24, 2.45) is 11.7 Å². The Morgan fingerprint density at radius 3 is 2.70 bits per heavy atom. The Hall–Kier alpha value is -0.680. The van der Waals surface area contributed by atoms with Crippen molar-refractivity contribution in [1.82, 2.24) is 4.90 Å². The summed E-state index contributed by atoms with van der Waals surface area (Å²) in [5.74, 6) is 0.497. The van der Waals surface area contributed by atoms with E-state index in [1.807, 2.05) is 12.1 Å². The molecule has 0 radical (unpaired) electrons. The molecule has 1 aromatic rings. The van der Waals surface area contributed by atoms with Gasteiger partial charge in [0.05, 0.1) is 6.10 Å². The number of nitrogens with zero attached hydrogens (tertiary/aromatic N) is 1. The van der Waals surface area contributed by atoms with E-state index in [4.69, 9.17) is 10.5 Å². The van der Waals surface area contributed by atoms with Crippen LogP contribution in [0.5, 0.6) is 0 Å². The van der Waals surface area contributed by atoms with E-state index in [1.165, 1.54) is 18.4 Å². The van der Waals surface area contributed by atoms with Crippen molar-refractivity contribution in [3.8, 4) is 0 Å². The van der Waals surface area contributed by atoms with Crippen molar-refractivity contribution in [3.63, 3.8) is 0 Å². The van der Waals surface area contributed by atoms with Crippen LogP contribution >= 0.6 is 12.4 Å². The Balaban J connectivity index is 0.00000192. The van der Waals surface area contributed by atoms with Crippen LogP contribution in [0.3, 0.4) is 0 Å². The van der Waals surface area contributed by atoms with Gasteiger partial charge in [0, 0.05) is 25.7 Å². The van der Waals surface area contributed by atoms with E-state index in [2.05, 4.69) is 4.90 Å². The predicted molar refractivity (Wildman–Crippen MR) is 93.5 cm³/mol. The summed E-state index contributed by atoms with van der Waals surface area (Å²) in [4.78, 5) is 2.51. The molecule has 3 rings (SSSR count). The topological polar surface area (TPSA) is 38.5 Å². The van der Waals surface area contributed by atoms with Crippen LogP contribution in [0.15, 0.2) is 24.3 Å². The first-order chi connectivity index (χ1) is 10.7. The van der Waals surface area contributed by atoms with Crippen LogP contribution in [0.25, 0.3) is 0 Å². The second-order valence-electron chi connectivity index (χ2n) is 6.81.